The summed E-state index contributed by atoms with van der Waals surface area (Å²) in [6.45, 7) is 3.43. The van der Waals surface area contributed by atoms with Gasteiger partial charge in [-0.25, -0.2) is 4.79 Å². The maximum absolute atomic E-state index is 12.0. The average molecular weight is 407 g/mol. The van der Waals surface area contributed by atoms with Crippen molar-refractivity contribution >= 4 is 34.3 Å². The lowest BCUT2D eigenvalue weighted by molar-refractivity contribution is -0.114. The molecule has 0 radical (unpaired) electrons. The number of rotatable bonds is 5. The molecule has 0 saturated heterocycles. The molecule has 4 rings (SSSR count). The Morgan fingerprint density at radius 1 is 1.07 bits per heavy atom. The van der Waals surface area contributed by atoms with Gasteiger partial charge in [-0.05, 0) is 36.8 Å². The summed E-state index contributed by atoms with van der Waals surface area (Å²) < 4.78 is 11.0. The number of aryl methyl sites for hydroxylation is 1. The Kier molecular flexibility index (Phi) is 5.18. The van der Waals surface area contributed by atoms with Gasteiger partial charge in [0.2, 0.25) is 11.8 Å². The molecule has 0 aliphatic rings. The summed E-state index contributed by atoms with van der Waals surface area (Å²) >= 11 is 1.34. The third-order valence-corrected chi connectivity index (χ3v) is 5.07. The molecule has 8 heteroatoms. The normalized spacial score (nSPS) is 11.0. The minimum Gasteiger partial charge on any atom is -0.423 e. The van der Waals surface area contributed by atoms with Gasteiger partial charge in [0.15, 0.2) is 0 Å². The molecular formula is C21H17N3O4S. The number of fused-ring (bicyclic) bond motifs is 1. The highest BCUT2D eigenvalue weighted by atomic mass is 32.2. The van der Waals surface area contributed by atoms with Gasteiger partial charge in [-0.1, -0.05) is 29.5 Å². The van der Waals surface area contributed by atoms with Crippen LogP contribution in [0, 0.1) is 6.92 Å². The Labute approximate surface area is 170 Å². The zero-order valence-corrected chi connectivity index (χ0v) is 16.6. The molecule has 4 aromatic rings. The van der Waals surface area contributed by atoms with Crippen molar-refractivity contribution in [2.24, 2.45) is 0 Å². The molecule has 7 nitrogen and oxygen atoms in total. The monoisotopic (exact) mass is 407 g/mol. The van der Waals surface area contributed by atoms with Crippen LogP contribution >= 0.6 is 11.8 Å². The van der Waals surface area contributed by atoms with Crippen molar-refractivity contribution in [1.82, 2.24) is 10.2 Å². The highest BCUT2D eigenvalue weighted by molar-refractivity contribution is 7.98. The van der Waals surface area contributed by atoms with Crippen LogP contribution in [0.4, 0.5) is 5.69 Å². The second kappa shape index (κ2) is 7.92. The fourth-order valence-corrected chi connectivity index (χ4v) is 3.60. The number of carbonyl (C=O) groups excluding carboxylic acids is 1. The van der Waals surface area contributed by atoms with Gasteiger partial charge in [0, 0.05) is 41.4 Å². The lowest BCUT2D eigenvalue weighted by Gasteiger charge is -2.06. The maximum atomic E-state index is 12.0. The number of aromatic nitrogens is 2. The van der Waals surface area contributed by atoms with E-state index in [9.17, 15) is 9.59 Å². The van der Waals surface area contributed by atoms with Crippen LogP contribution in [0.25, 0.3) is 22.4 Å². The quantitative estimate of drug-likeness (QED) is 0.387. The molecule has 0 atom stereocenters. The molecule has 0 fully saturated rings. The van der Waals surface area contributed by atoms with Crippen molar-refractivity contribution in [3.05, 3.63) is 70.1 Å². The van der Waals surface area contributed by atoms with Crippen LogP contribution in [0.15, 0.2) is 67.4 Å². The van der Waals surface area contributed by atoms with Crippen molar-refractivity contribution in [2.45, 2.75) is 24.8 Å². The van der Waals surface area contributed by atoms with E-state index < -0.39 is 5.63 Å². The van der Waals surface area contributed by atoms with Crippen LogP contribution in [0.5, 0.6) is 0 Å². The molecule has 146 valence electrons. The van der Waals surface area contributed by atoms with Gasteiger partial charge in [0.1, 0.15) is 5.58 Å². The lowest BCUT2D eigenvalue weighted by atomic mass is 10.1. The minimum atomic E-state index is -0.459. The minimum absolute atomic E-state index is 0.195. The second-order valence-electron chi connectivity index (χ2n) is 6.51. The Morgan fingerprint density at radius 2 is 1.86 bits per heavy atom. The van der Waals surface area contributed by atoms with E-state index in [1.54, 1.807) is 12.1 Å². The first-order chi connectivity index (χ1) is 14.0. The topological polar surface area (TPSA) is 98.2 Å². The molecule has 1 N–H and O–H groups in total. The third kappa shape index (κ3) is 4.38. The van der Waals surface area contributed by atoms with Gasteiger partial charge in [0.05, 0.1) is 0 Å². The molecular weight excluding hydrogens is 390 g/mol. The summed E-state index contributed by atoms with van der Waals surface area (Å²) in [6, 6.07) is 14.5. The van der Waals surface area contributed by atoms with E-state index in [0.29, 0.717) is 28.1 Å². The predicted octanol–water partition coefficient (Wildman–Crippen LogP) is 4.40. The van der Waals surface area contributed by atoms with Crippen LogP contribution in [-0.2, 0) is 10.5 Å². The highest BCUT2D eigenvalue weighted by Crippen LogP contribution is 2.29. The van der Waals surface area contributed by atoms with Gasteiger partial charge in [-0.3, -0.25) is 4.79 Å². The van der Waals surface area contributed by atoms with E-state index in [1.807, 2.05) is 37.3 Å². The zero-order valence-electron chi connectivity index (χ0n) is 15.8. The summed E-state index contributed by atoms with van der Waals surface area (Å²) in [5.41, 5.74) is 3.30. The molecule has 2 aromatic heterocycles. The number of nitrogens with one attached hydrogen (secondary N) is 1. The number of hydrogen-bond acceptors (Lipinski definition) is 7. The first kappa shape index (κ1) is 18.9. The van der Waals surface area contributed by atoms with Crippen LogP contribution in [0.3, 0.4) is 0 Å². The summed E-state index contributed by atoms with van der Waals surface area (Å²) in [5, 5.41) is 12.0. The molecule has 0 unspecified atom stereocenters. The van der Waals surface area contributed by atoms with Gasteiger partial charge >= 0.3 is 5.63 Å². The molecule has 0 aliphatic carbocycles. The lowest BCUT2D eigenvalue weighted by Crippen LogP contribution is -2.06. The van der Waals surface area contributed by atoms with Crippen LogP contribution in [0.2, 0.25) is 0 Å². The summed E-state index contributed by atoms with van der Waals surface area (Å²) in [4.78, 5) is 23.2. The van der Waals surface area contributed by atoms with Crippen LogP contribution < -0.4 is 10.9 Å². The predicted molar refractivity (Wildman–Crippen MR) is 111 cm³/mol. The van der Waals surface area contributed by atoms with Crippen molar-refractivity contribution in [1.29, 1.82) is 0 Å². The molecule has 29 heavy (non-hydrogen) atoms. The van der Waals surface area contributed by atoms with Gasteiger partial charge in [0.25, 0.3) is 5.22 Å². The van der Waals surface area contributed by atoms with Gasteiger partial charge in [-0.2, -0.15) is 0 Å². The van der Waals surface area contributed by atoms with E-state index in [0.717, 1.165) is 22.1 Å². The van der Waals surface area contributed by atoms with E-state index in [2.05, 4.69) is 15.5 Å². The summed E-state index contributed by atoms with van der Waals surface area (Å²) in [5.74, 6) is 0.709. The number of hydrogen-bond donors (Lipinski definition) is 1. The molecule has 0 saturated carbocycles. The van der Waals surface area contributed by atoms with Gasteiger partial charge in [-0.15, -0.1) is 10.2 Å². The fraction of sp³-hybridized carbons (Fsp3) is 0.143. The van der Waals surface area contributed by atoms with Crippen molar-refractivity contribution in [3.63, 3.8) is 0 Å². The molecule has 1 amide bonds. The maximum Gasteiger partial charge on any atom is 0.336 e. The summed E-state index contributed by atoms with van der Waals surface area (Å²) in [7, 11) is 0. The Morgan fingerprint density at radius 3 is 2.62 bits per heavy atom. The number of benzene rings is 2. The number of anilines is 1. The zero-order chi connectivity index (χ0) is 20.4. The second-order valence-corrected chi connectivity index (χ2v) is 7.44. The van der Waals surface area contributed by atoms with Crippen LogP contribution in [-0.4, -0.2) is 16.1 Å². The van der Waals surface area contributed by atoms with E-state index in [4.69, 9.17) is 8.83 Å². The molecule has 2 heterocycles. The van der Waals surface area contributed by atoms with E-state index in [1.165, 1.54) is 24.8 Å². The number of carbonyl (C=O) groups is 1. The molecule has 0 bridgehead atoms. The van der Waals surface area contributed by atoms with Crippen LogP contribution in [0.1, 0.15) is 18.1 Å². The van der Waals surface area contributed by atoms with E-state index in [-0.39, 0.29) is 5.91 Å². The first-order valence-electron chi connectivity index (χ1n) is 8.86. The molecule has 2 aromatic carbocycles. The third-order valence-electron chi connectivity index (χ3n) is 4.21. The number of thioether (sulfide) groups is 1. The molecule has 0 spiro atoms. The highest BCUT2D eigenvalue weighted by Gasteiger charge is 2.12. The summed E-state index contributed by atoms with van der Waals surface area (Å²) in [6.07, 6.45) is 0. The van der Waals surface area contributed by atoms with E-state index >= 15 is 0 Å². The average Bonchev–Trinajstić information content (AvgIpc) is 3.15. The van der Waals surface area contributed by atoms with Crippen molar-refractivity contribution in [3.8, 4) is 11.5 Å². The largest absolute Gasteiger partial charge is 0.423 e. The standard InChI is InChI=1S/C21H17N3O4S/c1-12-3-5-14(6-4-12)20-23-24-21(28-20)29-11-15-9-19(26)27-18-10-16(22-13(2)25)7-8-17(15)18/h3-10H,11H2,1-2H3,(H,22,25). The smallest absolute Gasteiger partial charge is 0.336 e. The Bertz CT molecular complexity index is 1250. The number of nitrogens with zero attached hydrogens (tertiary/aromatic N) is 2. The SMILES string of the molecule is CC(=O)Nc1ccc2c(CSc3nnc(-c4ccc(C)cc4)o3)cc(=O)oc2c1. The fourth-order valence-electron chi connectivity index (χ4n) is 2.85. The van der Waals surface area contributed by atoms with Crippen molar-refractivity contribution in [2.75, 3.05) is 5.32 Å². The Balaban J connectivity index is 1.56. The van der Waals surface area contributed by atoms with Crippen molar-refractivity contribution < 1.29 is 13.6 Å². The number of amides is 1. The Hall–Kier alpha value is -3.39. The first-order valence-corrected chi connectivity index (χ1v) is 9.84. The molecule has 0 aliphatic heterocycles. The van der Waals surface area contributed by atoms with Gasteiger partial charge < -0.3 is 14.2 Å².